The van der Waals surface area contributed by atoms with Crippen molar-refractivity contribution in [1.82, 2.24) is 9.78 Å². The van der Waals surface area contributed by atoms with Crippen LogP contribution in [-0.2, 0) is 13.5 Å². The molecular formula is C19H25F2N3. The van der Waals surface area contributed by atoms with Crippen LogP contribution in [0.5, 0.6) is 0 Å². The number of alkyl halides is 2. The van der Waals surface area contributed by atoms with Gasteiger partial charge in [0.15, 0.2) is 0 Å². The van der Waals surface area contributed by atoms with Gasteiger partial charge in [0.05, 0.1) is 6.20 Å². The van der Waals surface area contributed by atoms with Gasteiger partial charge in [-0.3, -0.25) is 4.68 Å². The normalized spacial score (nSPS) is 15.2. The number of aromatic nitrogens is 2. The van der Waals surface area contributed by atoms with Gasteiger partial charge in [0.1, 0.15) is 0 Å². The van der Waals surface area contributed by atoms with Crippen LogP contribution in [0.4, 0.5) is 14.5 Å². The standard InChI is InChI=1S/C19H25F2N3/c1-5-12(2)11-24-7-6-14-8-15(16(19(20)21)9-18(14)24)17-10-22-23(4)13(17)3/h8-10,12,19H,5-7,11H2,1-4H3. The molecule has 130 valence electrons. The van der Waals surface area contributed by atoms with Crippen LogP contribution < -0.4 is 4.90 Å². The second-order valence-electron chi connectivity index (χ2n) is 6.85. The van der Waals surface area contributed by atoms with E-state index in [2.05, 4.69) is 23.8 Å². The van der Waals surface area contributed by atoms with Gasteiger partial charge in [0.2, 0.25) is 0 Å². The van der Waals surface area contributed by atoms with Crippen molar-refractivity contribution in [3.63, 3.8) is 0 Å². The fourth-order valence-corrected chi connectivity index (χ4v) is 3.39. The van der Waals surface area contributed by atoms with Gasteiger partial charge in [-0.15, -0.1) is 0 Å². The Labute approximate surface area is 142 Å². The number of benzene rings is 1. The molecule has 2 heterocycles. The predicted molar refractivity (Wildman–Crippen MR) is 93.7 cm³/mol. The first kappa shape index (κ1) is 16.9. The summed E-state index contributed by atoms with van der Waals surface area (Å²) >= 11 is 0. The molecule has 0 radical (unpaired) electrons. The Hall–Kier alpha value is -1.91. The molecule has 0 spiro atoms. The Morgan fingerprint density at radius 1 is 1.25 bits per heavy atom. The van der Waals surface area contributed by atoms with E-state index in [4.69, 9.17) is 0 Å². The van der Waals surface area contributed by atoms with E-state index in [1.165, 1.54) is 5.56 Å². The summed E-state index contributed by atoms with van der Waals surface area (Å²) in [6.45, 7) is 8.13. The predicted octanol–water partition coefficient (Wildman–Crippen LogP) is 4.74. The van der Waals surface area contributed by atoms with Gasteiger partial charge in [0.25, 0.3) is 6.43 Å². The highest BCUT2D eigenvalue weighted by Crippen LogP contribution is 2.40. The first-order chi connectivity index (χ1) is 11.4. The number of rotatable bonds is 5. The third-order valence-corrected chi connectivity index (χ3v) is 5.23. The topological polar surface area (TPSA) is 21.1 Å². The van der Waals surface area contributed by atoms with Crippen molar-refractivity contribution < 1.29 is 8.78 Å². The molecular weight excluding hydrogens is 308 g/mol. The van der Waals surface area contributed by atoms with Crippen LogP contribution in [0.3, 0.4) is 0 Å². The summed E-state index contributed by atoms with van der Waals surface area (Å²) < 4.78 is 29.2. The highest BCUT2D eigenvalue weighted by Gasteiger charge is 2.26. The Bertz CT molecular complexity index is 736. The zero-order valence-electron chi connectivity index (χ0n) is 14.8. The van der Waals surface area contributed by atoms with E-state index in [-0.39, 0.29) is 5.56 Å². The lowest BCUT2D eigenvalue weighted by molar-refractivity contribution is 0.152. The second kappa shape index (κ2) is 6.54. The number of hydrogen-bond acceptors (Lipinski definition) is 2. The summed E-state index contributed by atoms with van der Waals surface area (Å²) in [5.41, 5.74) is 4.60. The summed E-state index contributed by atoms with van der Waals surface area (Å²) in [5.74, 6) is 0.561. The summed E-state index contributed by atoms with van der Waals surface area (Å²) in [7, 11) is 1.84. The maximum absolute atomic E-state index is 13.7. The molecule has 1 aliphatic rings. The van der Waals surface area contributed by atoms with E-state index >= 15 is 0 Å². The summed E-state index contributed by atoms with van der Waals surface area (Å²) in [6.07, 6.45) is 1.22. The van der Waals surface area contributed by atoms with Gasteiger partial charge in [-0.05, 0) is 42.5 Å². The molecule has 1 aromatic heterocycles. The molecule has 0 N–H and O–H groups in total. The van der Waals surface area contributed by atoms with Crippen molar-refractivity contribution in [2.75, 3.05) is 18.0 Å². The van der Waals surface area contributed by atoms with E-state index < -0.39 is 6.43 Å². The Morgan fingerprint density at radius 2 is 2.00 bits per heavy atom. The second-order valence-corrected chi connectivity index (χ2v) is 6.85. The lowest BCUT2D eigenvalue weighted by Crippen LogP contribution is -2.26. The van der Waals surface area contributed by atoms with E-state index in [0.29, 0.717) is 11.5 Å². The van der Waals surface area contributed by atoms with Gasteiger partial charge in [-0.25, -0.2) is 8.78 Å². The number of halogens is 2. The van der Waals surface area contributed by atoms with E-state index in [1.54, 1.807) is 16.9 Å². The molecule has 0 saturated carbocycles. The molecule has 1 aromatic carbocycles. The molecule has 0 aliphatic carbocycles. The Morgan fingerprint density at radius 3 is 2.58 bits per heavy atom. The molecule has 24 heavy (non-hydrogen) atoms. The van der Waals surface area contributed by atoms with Crippen LogP contribution in [-0.4, -0.2) is 22.9 Å². The minimum absolute atomic E-state index is 0.112. The monoisotopic (exact) mass is 333 g/mol. The average Bonchev–Trinajstić information content (AvgIpc) is 3.10. The highest BCUT2D eigenvalue weighted by atomic mass is 19.3. The lowest BCUT2D eigenvalue weighted by Gasteiger charge is -2.24. The minimum Gasteiger partial charge on any atom is -0.371 e. The van der Waals surface area contributed by atoms with Gasteiger partial charge in [-0.2, -0.15) is 5.10 Å². The number of hydrogen-bond donors (Lipinski definition) is 0. The molecule has 5 heteroatoms. The number of nitrogens with zero attached hydrogens (tertiary/aromatic N) is 3. The minimum atomic E-state index is -2.49. The first-order valence-corrected chi connectivity index (χ1v) is 8.61. The van der Waals surface area contributed by atoms with Gasteiger partial charge >= 0.3 is 0 Å². The van der Waals surface area contributed by atoms with Crippen LogP contribution in [0.15, 0.2) is 18.3 Å². The SMILES string of the molecule is CCC(C)CN1CCc2cc(-c3cnn(C)c3C)c(C(F)F)cc21. The smallest absolute Gasteiger partial charge is 0.264 e. The molecule has 1 aliphatic heterocycles. The maximum Gasteiger partial charge on any atom is 0.264 e. The molecule has 3 nitrogen and oxygen atoms in total. The zero-order valence-corrected chi connectivity index (χ0v) is 14.8. The molecule has 0 saturated heterocycles. The molecule has 0 fully saturated rings. The summed E-state index contributed by atoms with van der Waals surface area (Å²) in [5, 5.41) is 4.21. The molecule has 2 aromatic rings. The number of aryl methyl sites for hydroxylation is 1. The van der Waals surface area contributed by atoms with Crippen LogP contribution in [0.2, 0.25) is 0 Å². The maximum atomic E-state index is 13.7. The van der Waals surface area contributed by atoms with Crippen LogP contribution >= 0.6 is 0 Å². The van der Waals surface area contributed by atoms with Gasteiger partial charge in [-0.1, -0.05) is 20.3 Å². The highest BCUT2D eigenvalue weighted by molar-refractivity contribution is 5.75. The van der Waals surface area contributed by atoms with Crippen molar-refractivity contribution >= 4 is 5.69 Å². The van der Waals surface area contributed by atoms with E-state index in [0.717, 1.165) is 42.9 Å². The van der Waals surface area contributed by atoms with Crippen molar-refractivity contribution in [3.05, 3.63) is 35.2 Å². The Balaban J connectivity index is 2.06. The quantitative estimate of drug-likeness (QED) is 0.788. The molecule has 3 rings (SSSR count). The van der Waals surface area contributed by atoms with E-state index in [9.17, 15) is 8.78 Å². The average molecular weight is 333 g/mol. The Kier molecular flexibility index (Phi) is 4.61. The van der Waals surface area contributed by atoms with Crippen molar-refractivity contribution in [2.24, 2.45) is 13.0 Å². The third kappa shape index (κ3) is 2.92. The van der Waals surface area contributed by atoms with Gasteiger partial charge < -0.3 is 4.90 Å². The molecule has 0 amide bonds. The lowest BCUT2D eigenvalue weighted by atomic mass is 9.96. The third-order valence-electron chi connectivity index (χ3n) is 5.23. The zero-order chi connectivity index (χ0) is 17.4. The van der Waals surface area contributed by atoms with Crippen molar-refractivity contribution in [1.29, 1.82) is 0 Å². The summed E-state index contributed by atoms with van der Waals surface area (Å²) in [4.78, 5) is 2.26. The van der Waals surface area contributed by atoms with Crippen LogP contribution in [0.1, 0.15) is 43.5 Å². The summed E-state index contributed by atoms with van der Waals surface area (Å²) in [6, 6.07) is 3.66. The fraction of sp³-hybridized carbons (Fsp3) is 0.526. The molecule has 1 atom stereocenters. The van der Waals surface area contributed by atoms with Crippen molar-refractivity contribution in [2.45, 2.75) is 40.0 Å². The van der Waals surface area contributed by atoms with Gasteiger partial charge in [0, 0.05) is 42.6 Å². The largest absolute Gasteiger partial charge is 0.371 e. The first-order valence-electron chi connectivity index (χ1n) is 8.61. The van der Waals surface area contributed by atoms with Crippen LogP contribution in [0, 0.1) is 12.8 Å². The molecule has 1 unspecified atom stereocenters. The fourth-order valence-electron chi connectivity index (χ4n) is 3.39. The van der Waals surface area contributed by atoms with E-state index in [1.807, 2.05) is 20.0 Å². The molecule has 0 bridgehead atoms. The van der Waals surface area contributed by atoms with Crippen LogP contribution in [0.25, 0.3) is 11.1 Å². The number of anilines is 1. The van der Waals surface area contributed by atoms with Crippen molar-refractivity contribution in [3.8, 4) is 11.1 Å². The number of fused-ring (bicyclic) bond motifs is 1.